The summed E-state index contributed by atoms with van der Waals surface area (Å²) in [6.07, 6.45) is 5.36. The van der Waals surface area contributed by atoms with Crippen LogP contribution in [0.2, 0.25) is 0 Å². The van der Waals surface area contributed by atoms with Gasteiger partial charge < -0.3 is 5.32 Å². The van der Waals surface area contributed by atoms with Gasteiger partial charge in [-0.15, -0.1) is 5.10 Å². The van der Waals surface area contributed by atoms with E-state index in [0.29, 0.717) is 0 Å². The minimum Gasteiger partial charge on any atom is -0.308 e. The monoisotopic (exact) mass is 203 g/mol. The predicted molar refractivity (Wildman–Crippen MR) is 56.1 cm³/mol. The molecule has 2 rings (SSSR count). The summed E-state index contributed by atoms with van der Waals surface area (Å²) in [5.41, 5.74) is 2.12. The van der Waals surface area contributed by atoms with Gasteiger partial charge in [-0.2, -0.15) is 0 Å². The first-order valence-corrected chi connectivity index (χ1v) is 4.74. The zero-order valence-electron chi connectivity index (χ0n) is 8.75. The third-order valence-corrected chi connectivity index (χ3v) is 2.35. The third kappa shape index (κ3) is 1.87. The zero-order chi connectivity index (χ0) is 10.7. The molecule has 2 aromatic rings. The highest BCUT2D eigenvalue weighted by Crippen LogP contribution is 2.18. The fourth-order valence-electron chi connectivity index (χ4n) is 1.59. The summed E-state index contributed by atoms with van der Waals surface area (Å²) in [7, 11) is 3.79. The second kappa shape index (κ2) is 4.18. The van der Waals surface area contributed by atoms with E-state index >= 15 is 0 Å². The van der Waals surface area contributed by atoms with E-state index in [9.17, 15) is 0 Å². The summed E-state index contributed by atoms with van der Waals surface area (Å²) in [5.74, 6) is 0. The molecule has 0 radical (unpaired) electrons. The number of hydrogen-bond acceptors (Lipinski definition) is 4. The first-order chi connectivity index (χ1) is 7.33. The van der Waals surface area contributed by atoms with Crippen LogP contribution < -0.4 is 5.32 Å². The molecule has 0 saturated carbocycles. The van der Waals surface area contributed by atoms with Crippen molar-refractivity contribution in [1.82, 2.24) is 25.3 Å². The van der Waals surface area contributed by atoms with Crippen molar-refractivity contribution in [3.63, 3.8) is 0 Å². The molecular formula is C10H13N5. The molecule has 0 bridgehead atoms. The molecule has 15 heavy (non-hydrogen) atoms. The summed E-state index contributed by atoms with van der Waals surface area (Å²) in [5, 5.41) is 11.0. The van der Waals surface area contributed by atoms with Crippen LogP contribution in [0.25, 0.3) is 0 Å². The Hall–Kier alpha value is -1.75. The molecule has 1 atom stereocenters. The van der Waals surface area contributed by atoms with Crippen LogP contribution in [0.1, 0.15) is 17.3 Å². The Morgan fingerprint density at radius 2 is 2.27 bits per heavy atom. The average Bonchev–Trinajstić information content (AvgIpc) is 2.68. The molecule has 0 saturated heterocycles. The molecule has 2 aromatic heterocycles. The predicted octanol–water partition coefficient (Wildman–Crippen LogP) is 0.519. The number of aryl methyl sites for hydroxylation is 1. The Labute approximate surface area is 88.1 Å². The molecule has 2 heterocycles. The summed E-state index contributed by atoms with van der Waals surface area (Å²) >= 11 is 0. The number of rotatable bonds is 3. The number of pyridine rings is 1. The molecule has 5 nitrogen and oxygen atoms in total. The molecule has 1 N–H and O–H groups in total. The van der Waals surface area contributed by atoms with Gasteiger partial charge in [-0.3, -0.25) is 9.67 Å². The standard InChI is InChI=1S/C10H13N5/c1-11-10(8-4-3-5-12-6-8)9-7-13-14-15(9)2/h3-7,10-11H,1-2H3. The van der Waals surface area contributed by atoms with E-state index in [-0.39, 0.29) is 6.04 Å². The maximum absolute atomic E-state index is 4.10. The molecule has 0 spiro atoms. The average molecular weight is 203 g/mol. The molecule has 5 heteroatoms. The number of nitrogens with one attached hydrogen (secondary N) is 1. The van der Waals surface area contributed by atoms with Gasteiger partial charge in [-0.05, 0) is 18.7 Å². The maximum atomic E-state index is 4.10. The van der Waals surface area contributed by atoms with Crippen molar-refractivity contribution in [3.05, 3.63) is 42.0 Å². The molecule has 0 fully saturated rings. The van der Waals surface area contributed by atoms with E-state index < -0.39 is 0 Å². The topological polar surface area (TPSA) is 55.6 Å². The van der Waals surface area contributed by atoms with Gasteiger partial charge in [-0.25, -0.2) is 0 Å². The third-order valence-electron chi connectivity index (χ3n) is 2.35. The molecular weight excluding hydrogens is 190 g/mol. The normalized spacial score (nSPS) is 12.7. The molecule has 0 aromatic carbocycles. The lowest BCUT2D eigenvalue weighted by Crippen LogP contribution is -2.20. The molecule has 0 aliphatic heterocycles. The van der Waals surface area contributed by atoms with Gasteiger partial charge in [0.15, 0.2) is 0 Å². The molecule has 0 aliphatic rings. The van der Waals surface area contributed by atoms with Crippen LogP contribution in [0.4, 0.5) is 0 Å². The second-order valence-electron chi connectivity index (χ2n) is 3.29. The largest absolute Gasteiger partial charge is 0.308 e. The zero-order valence-corrected chi connectivity index (χ0v) is 8.75. The fourth-order valence-corrected chi connectivity index (χ4v) is 1.59. The Morgan fingerprint density at radius 1 is 1.40 bits per heavy atom. The number of nitrogens with zero attached hydrogens (tertiary/aromatic N) is 4. The lowest BCUT2D eigenvalue weighted by Gasteiger charge is -2.15. The highest BCUT2D eigenvalue weighted by molar-refractivity contribution is 5.23. The lowest BCUT2D eigenvalue weighted by atomic mass is 10.1. The van der Waals surface area contributed by atoms with E-state index in [2.05, 4.69) is 20.6 Å². The van der Waals surface area contributed by atoms with Crippen LogP contribution in [0.15, 0.2) is 30.7 Å². The minimum atomic E-state index is 0.0821. The van der Waals surface area contributed by atoms with Crippen molar-refractivity contribution in [2.24, 2.45) is 7.05 Å². The van der Waals surface area contributed by atoms with Gasteiger partial charge >= 0.3 is 0 Å². The first kappa shape index (κ1) is 9.79. The minimum absolute atomic E-state index is 0.0821. The molecule has 78 valence electrons. The van der Waals surface area contributed by atoms with Crippen LogP contribution in [-0.4, -0.2) is 27.0 Å². The number of hydrogen-bond donors (Lipinski definition) is 1. The Kier molecular flexibility index (Phi) is 2.73. The van der Waals surface area contributed by atoms with Crippen molar-refractivity contribution < 1.29 is 0 Å². The Morgan fingerprint density at radius 3 is 2.80 bits per heavy atom. The summed E-state index contributed by atoms with van der Waals surface area (Å²) in [6, 6.07) is 4.03. The van der Waals surface area contributed by atoms with Gasteiger partial charge in [0.05, 0.1) is 17.9 Å². The van der Waals surface area contributed by atoms with Crippen molar-refractivity contribution >= 4 is 0 Å². The van der Waals surface area contributed by atoms with Gasteiger partial charge in [0.2, 0.25) is 0 Å². The van der Waals surface area contributed by atoms with Crippen molar-refractivity contribution in [2.45, 2.75) is 6.04 Å². The summed E-state index contributed by atoms with van der Waals surface area (Å²) < 4.78 is 1.76. The lowest BCUT2D eigenvalue weighted by molar-refractivity contribution is 0.596. The first-order valence-electron chi connectivity index (χ1n) is 4.74. The van der Waals surface area contributed by atoms with Crippen LogP contribution in [-0.2, 0) is 7.05 Å². The number of aromatic nitrogens is 4. The summed E-state index contributed by atoms with van der Waals surface area (Å²) in [4.78, 5) is 4.10. The fraction of sp³-hybridized carbons (Fsp3) is 0.300. The van der Waals surface area contributed by atoms with E-state index in [1.54, 1.807) is 17.1 Å². The van der Waals surface area contributed by atoms with Crippen LogP contribution in [0, 0.1) is 0 Å². The van der Waals surface area contributed by atoms with Crippen LogP contribution in [0.3, 0.4) is 0 Å². The quantitative estimate of drug-likeness (QED) is 0.790. The van der Waals surface area contributed by atoms with E-state index in [4.69, 9.17) is 0 Å². The van der Waals surface area contributed by atoms with Crippen LogP contribution >= 0.6 is 0 Å². The SMILES string of the molecule is CNC(c1cccnc1)c1cnnn1C. The van der Waals surface area contributed by atoms with Crippen molar-refractivity contribution in [1.29, 1.82) is 0 Å². The molecule has 0 amide bonds. The van der Waals surface area contributed by atoms with Crippen molar-refractivity contribution in [3.8, 4) is 0 Å². The summed E-state index contributed by atoms with van der Waals surface area (Å²) in [6.45, 7) is 0. The Balaban J connectivity index is 2.37. The van der Waals surface area contributed by atoms with Gasteiger partial charge in [0.25, 0.3) is 0 Å². The maximum Gasteiger partial charge on any atom is 0.0799 e. The van der Waals surface area contributed by atoms with Crippen LogP contribution in [0.5, 0.6) is 0 Å². The smallest absolute Gasteiger partial charge is 0.0799 e. The molecule has 1 unspecified atom stereocenters. The highest BCUT2D eigenvalue weighted by atomic mass is 15.4. The molecule has 0 aliphatic carbocycles. The Bertz CT molecular complexity index is 422. The van der Waals surface area contributed by atoms with Gasteiger partial charge in [-0.1, -0.05) is 11.3 Å². The highest BCUT2D eigenvalue weighted by Gasteiger charge is 2.15. The van der Waals surface area contributed by atoms with Crippen molar-refractivity contribution in [2.75, 3.05) is 7.05 Å². The van der Waals surface area contributed by atoms with E-state index in [1.807, 2.05) is 32.4 Å². The van der Waals surface area contributed by atoms with Gasteiger partial charge in [0.1, 0.15) is 0 Å². The second-order valence-corrected chi connectivity index (χ2v) is 3.29. The van der Waals surface area contributed by atoms with E-state index in [0.717, 1.165) is 11.3 Å². The van der Waals surface area contributed by atoms with E-state index in [1.165, 1.54) is 0 Å². The van der Waals surface area contributed by atoms with Gasteiger partial charge in [0, 0.05) is 19.4 Å².